The number of methoxy groups -OCH3 is 4. The smallest absolute Gasteiger partial charge is 0.295 e. The van der Waals surface area contributed by atoms with E-state index in [1.54, 1.807) is 37.4 Å². The molecule has 194 valence electrons. The summed E-state index contributed by atoms with van der Waals surface area (Å²) >= 11 is 0. The lowest BCUT2D eigenvalue weighted by atomic mass is 9.94. The molecule has 0 aliphatic carbocycles. The van der Waals surface area contributed by atoms with Gasteiger partial charge in [-0.2, -0.15) is 0 Å². The minimum absolute atomic E-state index is 0.0102. The number of nitrogens with one attached hydrogen (secondary N) is 1. The number of hydrogen-bond acceptors (Lipinski definition) is 7. The zero-order chi connectivity index (χ0) is 26.6. The van der Waals surface area contributed by atoms with Crippen molar-refractivity contribution in [2.24, 2.45) is 0 Å². The van der Waals surface area contributed by atoms with Gasteiger partial charge in [-0.15, -0.1) is 0 Å². The normalized spacial score (nSPS) is 17.0. The maximum Gasteiger partial charge on any atom is 0.295 e. The Balaban J connectivity index is 2.23. The molecule has 0 bridgehead atoms. The molecule has 9 nitrogen and oxygen atoms in total. The third kappa shape index (κ3) is 5.11. The Kier molecular flexibility index (Phi) is 8.47. The van der Waals surface area contributed by atoms with Crippen molar-refractivity contribution in [3.05, 3.63) is 52.6 Å². The number of likely N-dealkylation sites (tertiary alicyclic amines) is 1. The van der Waals surface area contributed by atoms with Crippen LogP contribution in [0.1, 0.15) is 29.2 Å². The summed E-state index contributed by atoms with van der Waals surface area (Å²) in [4.78, 5) is 29.3. The first kappa shape index (κ1) is 26.9. The van der Waals surface area contributed by atoms with Crippen molar-refractivity contribution in [1.82, 2.24) is 4.90 Å². The number of Topliss-reactive ketones (excluding diaryl/α,β-unsaturated/α-hetero) is 1. The van der Waals surface area contributed by atoms with E-state index in [1.807, 2.05) is 21.0 Å². The molecule has 36 heavy (non-hydrogen) atoms. The summed E-state index contributed by atoms with van der Waals surface area (Å²) in [6.07, 6.45) is 0.679. The molecule has 1 unspecified atom stereocenters. The zero-order valence-electron chi connectivity index (χ0n) is 21.9. The van der Waals surface area contributed by atoms with Gasteiger partial charge in [0, 0.05) is 18.5 Å². The van der Waals surface area contributed by atoms with E-state index in [0.29, 0.717) is 47.1 Å². The van der Waals surface area contributed by atoms with Gasteiger partial charge in [0.05, 0.1) is 60.7 Å². The molecule has 1 amide bonds. The van der Waals surface area contributed by atoms with Crippen LogP contribution in [0.15, 0.2) is 35.9 Å². The lowest BCUT2D eigenvalue weighted by molar-refractivity contribution is -0.858. The van der Waals surface area contributed by atoms with Gasteiger partial charge in [0.25, 0.3) is 11.7 Å². The number of ether oxygens (including phenoxy) is 4. The van der Waals surface area contributed by atoms with Gasteiger partial charge in [0.1, 0.15) is 11.5 Å². The second-order valence-electron chi connectivity index (χ2n) is 8.95. The van der Waals surface area contributed by atoms with Crippen LogP contribution < -0.4 is 23.8 Å². The van der Waals surface area contributed by atoms with Crippen LogP contribution in [-0.2, 0) is 9.59 Å². The Morgan fingerprint density at radius 1 is 0.944 bits per heavy atom. The molecule has 0 saturated carbocycles. The average Bonchev–Trinajstić information content (AvgIpc) is 3.12. The van der Waals surface area contributed by atoms with Crippen LogP contribution in [0.3, 0.4) is 0 Å². The standard InChI is InChI=1S/C27H34N2O7/c1-16-13-17(9-10-19(16)33-4)24(30)22-23(29(27(32)25(22)31)12-8-11-28(2)3)18-14-20(34-5)26(36-7)21(15-18)35-6/h9-10,13-15,23,30H,8,11-12H2,1-7H3/p+1. The molecule has 2 N–H and O–H groups in total. The second kappa shape index (κ2) is 11.3. The molecule has 0 radical (unpaired) electrons. The molecule has 3 rings (SSSR count). The second-order valence-corrected chi connectivity index (χ2v) is 8.95. The molecule has 2 aromatic carbocycles. The highest BCUT2D eigenvalue weighted by Gasteiger charge is 2.46. The molecular weight excluding hydrogens is 464 g/mol. The number of nitrogens with zero attached hydrogens (tertiary/aromatic N) is 1. The Morgan fingerprint density at radius 2 is 1.56 bits per heavy atom. The number of quaternary nitrogens is 1. The minimum atomic E-state index is -0.835. The van der Waals surface area contributed by atoms with Crippen LogP contribution in [0, 0.1) is 6.92 Å². The quantitative estimate of drug-likeness (QED) is 0.293. The van der Waals surface area contributed by atoms with E-state index in [9.17, 15) is 14.7 Å². The molecule has 1 aliphatic heterocycles. The molecule has 1 heterocycles. The predicted octanol–water partition coefficient (Wildman–Crippen LogP) is 1.99. The highest BCUT2D eigenvalue weighted by atomic mass is 16.5. The van der Waals surface area contributed by atoms with Crippen LogP contribution in [0.2, 0.25) is 0 Å². The minimum Gasteiger partial charge on any atom is -0.507 e. The lowest BCUT2D eigenvalue weighted by Crippen LogP contribution is -3.05. The Morgan fingerprint density at radius 3 is 2.06 bits per heavy atom. The number of carbonyl (C=O) groups is 2. The van der Waals surface area contributed by atoms with Crippen molar-refractivity contribution in [2.75, 3.05) is 55.6 Å². The third-order valence-corrected chi connectivity index (χ3v) is 6.29. The number of aryl methyl sites for hydroxylation is 1. The first-order valence-corrected chi connectivity index (χ1v) is 11.7. The van der Waals surface area contributed by atoms with Gasteiger partial charge in [0.15, 0.2) is 11.5 Å². The number of ketones is 1. The fourth-order valence-corrected chi connectivity index (χ4v) is 4.50. The van der Waals surface area contributed by atoms with Gasteiger partial charge in [-0.3, -0.25) is 9.59 Å². The van der Waals surface area contributed by atoms with Gasteiger partial charge in [-0.25, -0.2) is 0 Å². The molecular formula is C27H35N2O7+. The van der Waals surface area contributed by atoms with Gasteiger partial charge < -0.3 is 33.9 Å². The van der Waals surface area contributed by atoms with E-state index in [0.717, 1.165) is 12.1 Å². The van der Waals surface area contributed by atoms with Gasteiger partial charge >= 0.3 is 0 Å². The molecule has 2 aromatic rings. The molecule has 1 atom stereocenters. The van der Waals surface area contributed by atoms with E-state index in [2.05, 4.69) is 0 Å². The van der Waals surface area contributed by atoms with Crippen LogP contribution in [0.4, 0.5) is 0 Å². The maximum absolute atomic E-state index is 13.3. The number of aliphatic hydroxyl groups is 1. The summed E-state index contributed by atoms with van der Waals surface area (Å²) < 4.78 is 21.8. The number of amides is 1. The van der Waals surface area contributed by atoms with E-state index < -0.39 is 17.7 Å². The van der Waals surface area contributed by atoms with Crippen LogP contribution in [0.25, 0.3) is 5.76 Å². The van der Waals surface area contributed by atoms with Gasteiger partial charge in [-0.05, 0) is 48.4 Å². The molecule has 0 spiro atoms. The summed E-state index contributed by atoms with van der Waals surface area (Å²) in [7, 11) is 10.1. The van der Waals surface area contributed by atoms with Crippen molar-refractivity contribution >= 4 is 17.4 Å². The van der Waals surface area contributed by atoms with Gasteiger partial charge in [-0.1, -0.05) is 0 Å². The van der Waals surface area contributed by atoms with Crippen molar-refractivity contribution in [3.8, 4) is 23.0 Å². The summed E-state index contributed by atoms with van der Waals surface area (Å²) in [5.41, 5.74) is 1.78. The molecule has 9 heteroatoms. The fraction of sp³-hybridized carbons (Fsp3) is 0.407. The SMILES string of the molecule is COc1ccc(C(O)=C2C(=O)C(=O)N(CCC[NH+](C)C)C2c2cc(OC)c(OC)c(OC)c2)cc1C. The van der Waals surface area contributed by atoms with Crippen molar-refractivity contribution < 1.29 is 38.5 Å². The summed E-state index contributed by atoms with van der Waals surface area (Å²) in [6.45, 7) is 2.99. The largest absolute Gasteiger partial charge is 0.507 e. The average molecular weight is 500 g/mol. The van der Waals surface area contributed by atoms with Crippen molar-refractivity contribution in [3.63, 3.8) is 0 Å². The summed E-state index contributed by atoms with van der Waals surface area (Å²) in [5.74, 6) is 0.165. The van der Waals surface area contributed by atoms with E-state index in [-0.39, 0.29) is 11.3 Å². The van der Waals surface area contributed by atoms with Crippen molar-refractivity contribution in [2.45, 2.75) is 19.4 Å². The van der Waals surface area contributed by atoms with Crippen molar-refractivity contribution in [1.29, 1.82) is 0 Å². The van der Waals surface area contributed by atoms with Crippen LogP contribution in [-0.4, -0.2) is 77.3 Å². The molecule has 0 aromatic heterocycles. The summed E-state index contributed by atoms with van der Waals surface area (Å²) in [6, 6.07) is 7.68. The number of aliphatic hydroxyl groups excluding tert-OH is 1. The highest BCUT2D eigenvalue weighted by molar-refractivity contribution is 6.46. The number of benzene rings is 2. The van der Waals surface area contributed by atoms with Gasteiger partial charge in [0.2, 0.25) is 5.75 Å². The predicted molar refractivity (Wildman–Crippen MR) is 135 cm³/mol. The summed E-state index contributed by atoms with van der Waals surface area (Å²) in [5, 5.41) is 11.4. The number of rotatable bonds is 10. The first-order chi connectivity index (χ1) is 17.2. The van der Waals surface area contributed by atoms with E-state index in [1.165, 1.54) is 31.1 Å². The zero-order valence-corrected chi connectivity index (χ0v) is 21.9. The fourth-order valence-electron chi connectivity index (χ4n) is 4.50. The molecule has 1 saturated heterocycles. The molecule has 1 aliphatic rings. The Hall–Kier alpha value is -3.72. The molecule has 1 fully saturated rings. The maximum atomic E-state index is 13.3. The topological polar surface area (TPSA) is 99.0 Å². The van der Waals surface area contributed by atoms with E-state index in [4.69, 9.17) is 18.9 Å². The first-order valence-electron chi connectivity index (χ1n) is 11.7. The number of hydrogen-bond donors (Lipinski definition) is 2. The lowest BCUT2D eigenvalue weighted by Gasteiger charge is -2.26. The Bertz CT molecular complexity index is 1150. The third-order valence-electron chi connectivity index (χ3n) is 6.29. The highest BCUT2D eigenvalue weighted by Crippen LogP contribution is 2.45. The van der Waals surface area contributed by atoms with Crippen LogP contribution >= 0.6 is 0 Å². The Labute approximate surface area is 211 Å². The monoisotopic (exact) mass is 499 g/mol. The van der Waals surface area contributed by atoms with E-state index >= 15 is 0 Å². The van der Waals surface area contributed by atoms with Crippen LogP contribution in [0.5, 0.6) is 23.0 Å². The number of carbonyl (C=O) groups excluding carboxylic acids is 2.